The fraction of sp³-hybridized carbons (Fsp3) is 0.417. The van der Waals surface area contributed by atoms with Gasteiger partial charge in [0.1, 0.15) is 0 Å². The van der Waals surface area contributed by atoms with Crippen molar-refractivity contribution in [1.82, 2.24) is 0 Å². The van der Waals surface area contributed by atoms with Crippen LogP contribution in [0.4, 0.5) is 5.69 Å². The summed E-state index contributed by atoms with van der Waals surface area (Å²) in [4.78, 5) is 2.05. The van der Waals surface area contributed by atoms with Crippen molar-refractivity contribution in [3.63, 3.8) is 0 Å². The number of halogens is 1. The van der Waals surface area contributed by atoms with Crippen molar-refractivity contribution in [1.29, 1.82) is 5.26 Å². The second-order valence-electron chi connectivity index (χ2n) is 4.77. The van der Waals surface area contributed by atoms with E-state index in [4.69, 9.17) is 16.9 Å². The molecule has 6 heteroatoms. The van der Waals surface area contributed by atoms with Crippen LogP contribution in [0, 0.1) is 11.3 Å². The number of benzene rings is 1. The van der Waals surface area contributed by atoms with Crippen LogP contribution < -0.4 is 4.90 Å². The average molecular weight is 283 g/mol. The van der Waals surface area contributed by atoms with Gasteiger partial charge in [0.15, 0.2) is 9.84 Å². The molecular weight excluding hydrogens is 272 g/mol. The summed E-state index contributed by atoms with van der Waals surface area (Å²) in [5, 5.41) is 9.05. The third-order valence-electron chi connectivity index (χ3n) is 3.69. The van der Waals surface area contributed by atoms with E-state index in [1.807, 2.05) is 6.07 Å². The monoisotopic (exact) mass is 282 g/mol. The van der Waals surface area contributed by atoms with Crippen LogP contribution in [0.1, 0.15) is 12.0 Å². The van der Waals surface area contributed by atoms with Crippen molar-refractivity contribution in [2.24, 2.45) is 0 Å². The molecule has 0 N–H and O–H groups in total. The van der Waals surface area contributed by atoms with Crippen LogP contribution in [-0.2, 0) is 9.84 Å². The lowest BCUT2D eigenvalue weighted by Gasteiger charge is -2.29. The number of rotatable bonds is 1. The highest BCUT2D eigenvalue weighted by Gasteiger charge is 2.48. The summed E-state index contributed by atoms with van der Waals surface area (Å²) in [6, 6.07) is 7.20. The first-order valence-electron chi connectivity index (χ1n) is 5.69. The van der Waals surface area contributed by atoms with E-state index in [-0.39, 0.29) is 17.0 Å². The Balaban J connectivity index is 1.93. The first-order chi connectivity index (χ1) is 8.51. The number of nitriles is 1. The third-order valence-corrected chi connectivity index (χ3v) is 6.20. The summed E-state index contributed by atoms with van der Waals surface area (Å²) >= 11 is 6.15. The van der Waals surface area contributed by atoms with E-state index in [0.29, 0.717) is 23.6 Å². The standard InChI is InChI=1S/C12H11ClN2O2S/c13-11-3-8(5-14)1-2-12(11)15-6-10-4-9(15)7-18(10,16)17/h1-3,9-10H,4,6-7H2/t9-,10-/m0/s1. The van der Waals surface area contributed by atoms with Gasteiger partial charge in [-0.05, 0) is 24.6 Å². The van der Waals surface area contributed by atoms with Gasteiger partial charge in [0.2, 0.25) is 0 Å². The van der Waals surface area contributed by atoms with Crippen LogP contribution in [0.3, 0.4) is 0 Å². The molecule has 18 heavy (non-hydrogen) atoms. The van der Waals surface area contributed by atoms with Crippen molar-refractivity contribution in [3.05, 3.63) is 28.8 Å². The van der Waals surface area contributed by atoms with Crippen LogP contribution in [-0.4, -0.2) is 32.0 Å². The Kier molecular flexibility index (Phi) is 2.54. The Hall–Kier alpha value is -1.25. The predicted molar refractivity (Wildman–Crippen MR) is 69.5 cm³/mol. The van der Waals surface area contributed by atoms with Gasteiger partial charge in [0.25, 0.3) is 0 Å². The van der Waals surface area contributed by atoms with E-state index in [1.165, 1.54) is 0 Å². The summed E-state index contributed by atoms with van der Waals surface area (Å²) in [6.07, 6.45) is 0.693. The van der Waals surface area contributed by atoms with Crippen molar-refractivity contribution in [2.45, 2.75) is 17.7 Å². The predicted octanol–water partition coefficient (Wildman–Crippen LogP) is 1.59. The van der Waals surface area contributed by atoms with Gasteiger partial charge in [-0.25, -0.2) is 8.42 Å². The second-order valence-corrected chi connectivity index (χ2v) is 7.50. The molecule has 2 heterocycles. The molecule has 0 aliphatic carbocycles. The SMILES string of the molecule is N#Cc1ccc(N2C[C@@H]3C[C@H]2CS3(=O)=O)c(Cl)c1. The average Bonchev–Trinajstić information content (AvgIpc) is 2.84. The summed E-state index contributed by atoms with van der Waals surface area (Å²) in [5.74, 6) is 0.216. The van der Waals surface area contributed by atoms with Crippen LogP contribution >= 0.6 is 11.6 Å². The Bertz CT molecular complexity index is 651. The number of hydrogen-bond donors (Lipinski definition) is 0. The molecule has 0 radical (unpaired) electrons. The Labute approximate surface area is 111 Å². The highest BCUT2D eigenvalue weighted by Crippen LogP contribution is 2.39. The molecule has 2 fully saturated rings. The Morgan fingerprint density at radius 1 is 1.44 bits per heavy atom. The zero-order chi connectivity index (χ0) is 12.9. The van der Waals surface area contributed by atoms with Crippen LogP contribution in [0.5, 0.6) is 0 Å². The summed E-state index contributed by atoms with van der Waals surface area (Å²) < 4.78 is 23.4. The third kappa shape index (κ3) is 1.68. The van der Waals surface area contributed by atoms with E-state index in [0.717, 1.165) is 5.69 Å². The molecule has 2 aliphatic rings. The zero-order valence-electron chi connectivity index (χ0n) is 9.51. The summed E-state index contributed by atoms with van der Waals surface area (Å²) in [7, 11) is -2.89. The minimum atomic E-state index is -2.89. The summed E-state index contributed by atoms with van der Waals surface area (Å²) in [6.45, 7) is 0.513. The van der Waals surface area contributed by atoms with E-state index in [1.54, 1.807) is 18.2 Å². The minimum absolute atomic E-state index is 0.0328. The van der Waals surface area contributed by atoms with Gasteiger partial charge in [-0.2, -0.15) is 5.26 Å². The molecule has 0 aromatic heterocycles. The highest BCUT2D eigenvalue weighted by molar-refractivity contribution is 7.92. The number of hydrogen-bond acceptors (Lipinski definition) is 4. The van der Waals surface area contributed by atoms with E-state index in [9.17, 15) is 8.42 Å². The summed E-state index contributed by atoms with van der Waals surface area (Å²) in [5.41, 5.74) is 1.35. The Morgan fingerprint density at radius 2 is 2.22 bits per heavy atom. The molecule has 3 rings (SSSR count). The molecule has 0 amide bonds. The highest BCUT2D eigenvalue weighted by atomic mass is 35.5. The van der Waals surface area contributed by atoms with Crippen molar-refractivity contribution < 1.29 is 8.42 Å². The number of sulfone groups is 1. The Morgan fingerprint density at radius 3 is 2.72 bits per heavy atom. The zero-order valence-corrected chi connectivity index (χ0v) is 11.1. The van der Waals surface area contributed by atoms with Gasteiger partial charge >= 0.3 is 0 Å². The van der Waals surface area contributed by atoms with E-state index in [2.05, 4.69) is 4.90 Å². The van der Waals surface area contributed by atoms with Gasteiger partial charge in [0.05, 0.1) is 33.3 Å². The van der Waals surface area contributed by atoms with Crippen LogP contribution in [0.15, 0.2) is 18.2 Å². The van der Waals surface area contributed by atoms with Crippen LogP contribution in [0.2, 0.25) is 5.02 Å². The van der Waals surface area contributed by atoms with Gasteiger partial charge in [-0.3, -0.25) is 0 Å². The lowest BCUT2D eigenvalue weighted by Crippen LogP contribution is -2.40. The van der Waals surface area contributed by atoms with Gasteiger partial charge in [-0.15, -0.1) is 0 Å². The van der Waals surface area contributed by atoms with E-state index < -0.39 is 9.84 Å². The first-order valence-corrected chi connectivity index (χ1v) is 7.78. The molecule has 2 aliphatic heterocycles. The topological polar surface area (TPSA) is 61.2 Å². The van der Waals surface area contributed by atoms with Crippen molar-refractivity contribution >= 4 is 27.1 Å². The molecule has 1 aromatic carbocycles. The largest absolute Gasteiger partial charge is 0.365 e. The maximum atomic E-state index is 11.7. The second kappa shape index (κ2) is 3.87. The molecule has 2 saturated heterocycles. The maximum absolute atomic E-state index is 11.7. The fourth-order valence-corrected chi connectivity index (χ4v) is 5.12. The number of fused-ring (bicyclic) bond motifs is 2. The van der Waals surface area contributed by atoms with Crippen molar-refractivity contribution in [3.8, 4) is 6.07 Å². The van der Waals surface area contributed by atoms with Gasteiger partial charge in [-0.1, -0.05) is 11.6 Å². The molecule has 0 spiro atoms. The van der Waals surface area contributed by atoms with Crippen LogP contribution in [0.25, 0.3) is 0 Å². The fourth-order valence-electron chi connectivity index (χ4n) is 2.80. The number of nitrogens with zero attached hydrogens (tertiary/aromatic N) is 2. The first kappa shape index (κ1) is 11.8. The molecular formula is C12H11ClN2O2S. The molecule has 4 nitrogen and oxygen atoms in total. The molecule has 94 valence electrons. The lowest BCUT2D eigenvalue weighted by atomic mass is 10.2. The molecule has 2 atom stereocenters. The van der Waals surface area contributed by atoms with Gasteiger partial charge < -0.3 is 4.90 Å². The quantitative estimate of drug-likeness (QED) is 0.785. The van der Waals surface area contributed by atoms with Gasteiger partial charge in [0, 0.05) is 12.6 Å². The normalized spacial score (nSPS) is 28.3. The molecule has 1 aromatic rings. The molecule has 2 bridgehead atoms. The molecule has 0 unspecified atom stereocenters. The van der Waals surface area contributed by atoms with E-state index >= 15 is 0 Å². The van der Waals surface area contributed by atoms with Crippen molar-refractivity contribution in [2.75, 3.05) is 17.2 Å². The smallest absolute Gasteiger partial charge is 0.156 e. The number of anilines is 1. The lowest BCUT2D eigenvalue weighted by molar-refractivity contribution is 0.585. The minimum Gasteiger partial charge on any atom is -0.365 e. The maximum Gasteiger partial charge on any atom is 0.156 e. The molecule has 0 saturated carbocycles.